The van der Waals surface area contributed by atoms with Gasteiger partial charge in [0.1, 0.15) is 12.4 Å². The number of carbonyl (C=O) groups excluding carboxylic acids is 1. The van der Waals surface area contributed by atoms with Crippen LogP contribution in [0.2, 0.25) is 0 Å². The lowest BCUT2D eigenvalue weighted by Gasteiger charge is -2.18. The number of halogens is 1. The first-order valence-electron chi connectivity index (χ1n) is 8.56. The van der Waals surface area contributed by atoms with E-state index in [1.165, 1.54) is 5.56 Å². The Kier molecular flexibility index (Phi) is 9.62. The summed E-state index contributed by atoms with van der Waals surface area (Å²) in [5.74, 6) is 1.84. The molecule has 0 radical (unpaired) electrons. The molecule has 2 rings (SSSR count). The Morgan fingerprint density at radius 2 is 2.24 bits per heavy atom. The predicted octanol–water partition coefficient (Wildman–Crippen LogP) is 2.17. The lowest BCUT2D eigenvalue weighted by Crippen LogP contribution is -2.46. The van der Waals surface area contributed by atoms with E-state index in [4.69, 9.17) is 4.74 Å². The number of guanidine groups is 1. The molecule has 0 bridgehead atoms. The van der Waals surface area contributed by atoms with Gasteiger partial charge in [0.2, 0.25) is 5.91 Å². The number of ether oxygens (including phenoxy) is 1. The van der Waals surface area contributed by atoms with E-state index in [2.05, 4.69) is 15.6 Å². The molecule has 1 saturated heterocycles. The van der Waals surface area contributed by atoms with Crippen LogP contribution in [0.1, 0.15) is 25.3 Å². The highest BCUT2D eigenvalue weighted by Crippen LogP contribution is 2.12. The number of nitrogens with zero attached hydrogens (tertiary/aromatic N) is 2. The number of likely N-dealkylation sites (tertiary alicyclic amines) is 1. The summed E-state index contributed by atoms with van der Waals surface area (Å²) in [6, 6.07) is 8.26. The van der Waals surface area contributed by atoms with Crippen LogP contribution in [0.25, 0.3) is 0 Å². The van der Waals surface area contributed by atoms with Gasteiger partial charge in [0.05, 0.1) is 6.54 Å². The van der Waals surface area contributed by atoms with Crippen molar-refractivity contribution in [3.8, 4) is 5.75 Å². The SMILES string of the molecule is CCC(=O)N1CCC(NC(=NC)NCCOc2cccc(C)c2)C1.I. The number of amides is 1. The van der Waals surface area contributed by atoms with Gasteiger partial charge in [-0.2, -0.15) is 0 Å². The minimum Gasteiger partial charge on any atom is -0.492 e. The van der Waals surface area contributed by atoms with Crippen molar-refractivity contribution in [2.45, 2.75) is 32.7 Å². The first-order valence-corrected chi connectivity index (χ1v) is 8.56. The molecule has 0 aliphatic carbocycles. The van der Waals surface area contributed by atoms with Gasteiger partial charge < -0.3 is 20.3 Å². The zero-order valence-electron chi connectivity index (χ0n) is 15.2. The van der Waals surface area contributed by atoms with Gasteiger partial charge in [0, 0.05) is 32.6 Å². The summed E-state index contributed by atoms with van der Waals surface area (Å²) < 4.78 is 5.72. The fourth-order valence-electron chi connectivity index (χ4n) is 2.76. The Hall–Kier alpha value is -1.51. The molecule has 140 valence electrons. The molecule has 1 aromatic carbocycles. The molecule has 1 amide bonds. The Morgan fingerprint density at radius 3 is 2.92 bits per heavy atom. The van der Waals surface area contributed by atoms with Gasteiger partial charge in [0.25, 0.3) is 0 Å². The highest BCUT2D eigenvalue weighted by atomic mass is 127. The summed E-state index contributed by atoms with van der Waals surface area (Å²) in [6.45, 7) is 6.74. The van der Waals surface area contributed by atoms with Crippen LogP contribution in [0.3, 0.4) is 0 Å². The number of rotatable bonds is 6. The van der Waals surface area contributed by atoms with Crippen LogP contribution in [0.15, 0.2) is 29.3 Å². The smallest absolute Gasteiger partial charge is 0.222 e. The second kappa shape index (κ2) is 11.2. The predicted molar refractivity (Wildman–Crippen MR) is 112 cm³/mol. The molecule has 1 aliphatic rings. The molecule has 0 spiro atoms. The highest BCUT2D eigenvalue weighted by Gasteiger charge is 2.25. The quantitative estimate of drug-likeness (QED) is 0.296. The molecule has 6 nitrogen and oxygen atoms in total. The third kappa shape index (κ3) is 7.09. The molecule has 2 N–H and O–H groups in total. The molecule has 1 fully saturated rings. The van der Waals surface area contributed by atoms with E-state index >= 15 is 0 Å². The Labute approximate surface area is 167 Å². The molecule has 1 unspecified atom stereocenters. The van der Waals surface area contributed by atoms with Crippen LogP contribution in [0.4, 0.5) is 0 Å². The average Bonchev–Trinajstić information content (AvgIpc) is 3.05. The zero-order chi connectivity index (χ0) is 17.4. The molecule has 0 aromatic heterocycles. The molecule has 25 heavy (non-hydrogen) atoms. The van der Waals surface area contributed by atoms with Crippen LogP contribution in [-0.2, 0) is 4.79 Å². The van der Waals surface area contributed by atoms with Gasteiger partial charge in [-0.15, -0.1) is 24.0 Å². The summed E-state index contributed by atoms with van der Waals surface area (Å²) in [4.78, 5) is 17.9. The van der Waals surface area contributed by atoms with Gasteiger partial charge in [0.15, 0.2) is 5.96 Å². The third-order valence-electron chi connectivity index (χ3n) is 4.06. The van der Waals surface area contributed by atoms with Crippen molar-refractivity contribution < 1.29 is 9.53 Å². The zero-order valence-corrected chi connectivity index (χ0v) is 17.6. The van der Waals surface area contributed by atoms with Crippen LogP contribution in [-0.4, -0.2) is 56.1 Å². The second-order valence-electron chi connectivity index (χ2n) is 5.99. The normalized spacial score (nSPS) is 17.0. The molecule has 0 saturated carbocycles. The first kappa shape index (κ1) is 21.5. The van der Waals surface area contributed by atoms with Crippen molar-refractivity contribution >= 4 is 35.8 Å². The number of aliphatic imine (C=N–C) groups is 1. The maximum Gasteiger partial charge on any atom is 0.222 e. The van der Waals surface area contributed by atoms with Crippen molar-refractivity contribution in [2.24, 2.45) is 4.99 Å². The van der Waals surface area contributed by atoms with Gasteiger partial charge >= 0.3 is 0 Å². The number of aryl methyl sites for hydroxylation is 1. The van der Waals surface area contributed by atoms with Gasteiger partial charge in [-0.25, -0.2) is 0 Å². The standard InChI is InChI=1S/C18H28N4O2.HI/c1-4-17(23)22-10-8-15(13-22)21-18(19-3)20-9-11-24-16-7-5-6-14(2)12-16;/h5-7,12,15H,4,8-11,13H2,1-3H3,(H2,19,20,21);1H. The molecule has 1 aliphatic heterocycles. The van der Waals surface area contributed by atoms with E-state index in [1.807, 2.05) is 43.0 Å². The lowest BCUT2D eigenvalue weighted by atomic mass is 10.2. The van der Waals surface area contributed by atoms with E-state index in [0.29, 0.717) is 19.6 Å². The number of nitrogens with one attached hydrogen (secondary N) is 2. The number of hydrogen-bond acceptors (Lipinski definition) is 3. The molecule has 1 heterocycles. The van der Waals surface area contributed by atoms with E-state index in [1.54, 1.807) is 7.05 Å². The fourth-order valence-corrected chi connectivity index (χ4v) is 2.76. The average molecular weight is 460 g/mol. The molecule has 1 atom stereocenters. The summed E-state index contributed by atoms with van der Waals surface area (Å²) in [5, 5.41) is 6.62. The van der Waals surface area contributed by atoms with Crippen molar-refractivity contribution in [1.29, 1.82) is 0 Å². The van der Waals surface area contributed by atoms with Gasteiger partial charge in [-0.3, -0.25) is 9.79 Å². The molecular formula is C18H29IN4O2. The molecule has 1 aromatic rings. The van der Waals surface area contributed by atoms with E-state index in [9.17, 15) is 4.79 Å². The van der Waals surface area contributed by atoms with Crippen molar-refractivity contribution in [3.63, 3.8) is 0 Å². The maximum atomic E-state index is 11.7. The summed E-state index contributed by atoms with van der Waals surface area (Å²) in [6.07, 6.45) is 1.52. The fraction of sp³-hybridized carbons (Fsp3) is 0.556. The Bertz CT molecular complexity index is 580. The summed E-state index contributed by atoms with van der Waals surface area (Å²) >= 11 is 0. The number of carbonyl (C=O) groups is 1. The van der Waals surface area contributed by atoms with Crippen LogP contribution < -0.4 is 15.4 Å². The number of hydrogen-bond donors (Lipinski definition) is 2. The van der Waals surface area contributed by atoms with E-state index in [0.717, 1.165) is 31.2 Å². The van der Waals surface area contributed by atoms with E-state index < -0.39 is 0 Å². The second-order valence-corrected chi connectivity index (χ2v) is 5.99. The van der Waals surface area contributed by atoms with E-state index in [-0.39, 0.29) is 35.9 Å². The van der Waals surface area contributed by atoms with Crippen LogP contribution >= 0.6 is 24.0 Å². The van der Waals surface area contributed by atoms with Crippen molar-refractivity contribution in [3.05, 3.63) is 29.8 Å². The minimum atomic E-state index is 0. The highest BCUT2D eigenvalue weighted by molar-refractivity contribution is 14.0. The maximum absolute atomic E-state index is 11.7. The van der Waals surface area contributed by atoms with Crippen LogP contribution in [0, 0.1) is 6.92 Å². The Balaban J connectivity index is 0.00000312. The Morgan fingerprint density at radius 1 is 1.44 bits per heavy atom. The topological polar surface area (TPSA) is 66.0 Å². The van der Waals surface area contributed by atoms with Gasteiger partial charge in [-0.1, -0.05) is 19.1 Å². The number of benzene rings is 1. The molecule has 7 heteroatoms. The minimum absolute atomic E-state index is 0. The van der Waals surface area contributed by atoms with Crippen molar-refractivity contribution in [1.82, 2.24) is 15.5 Å². The van der Waals surface area contributed by atoms with Crippen molar-refractivity contribution in [2.75, 3.05) is 33.3 Å². The van der Waals surface area contributed by atoms with Gasteiger partial charge in [-0.05, 0) is 31.0 Å². The van der Waals surface area contributed by atoms with Crippen LogP contribution in [0.5, 0.6) is 5.75 Å². The third-order valence-corrected chi connectivity index (χ3v) is 4.06. The molecular weight excluding hydrogens is 431 g/mol. The summed E-state index contributed by atoms with van der Waals surface area (Å²) in [7, 11) is 1.75. The largest absolute Gasteiger partial charge is 0.492 e. The summed E-state index contributed by atoms with van der Waals surface area (Å²) in [5.41, 5.74) is 1.19. The first-order chi connectivity index (χ1) is 11.6. The monoisotopic (exact) mass is 460 g/mol. The lowest BCUT2D eigenvalue weighted by molar-refractivity contribution is -0.129.